The maximum Gasteiger partial charge on any atom is 0.303 e. The van der Waals surface area contributed by atoms with Crippen molar-refractivity contribution in [1.82, 2.24) is 0 Å². The van der Waals surface area contributed by atoms with Crippen molar-refractivity contribution in [3.8, 4) is 0 Å². The Kier molecular flexibility index (Phi) is 6.14. The Morgan fingerprint density at radius 1 is 0.905 bits per heavy atom. The van der Waals surface area contributed by atoms with Gasteiger partial charge in [-0.1, -0.05) is 6.92 Å². The van der Waals surface area contributed by atoms with E-state index in [9.17, 15) is 14.4 Å². The number of ether oxygens (including phenoxy) is 4. The largest absolute Gasteiger partial charge is 0.463 e. The van der Waals surface area contributed by atoms with E-state index in [-0.39, 0.29) is 18.6 Å². The predicted molar refractivity (Wildman–Crippen MR) is 71.2 cm³/mol. The lowest BCUT2D eigenvalue weighted by Crippen LogP contribution is -2.57. The van der Waals surface area contributed by atoms with Gasteiger partial charge in [0.25, 0.3) is 0 Å². The smallest absolute Gasteiger partial charge is 0.303 e. The topological polar surface area (TPSA) is 88.1 Å². The first-order chi connectivity index (χ1) is 9.72. The molecule has 0 radical (unpaired) electrons. The average Bonchev–Trinajstić information content (AvgIpc) is 2.35. The van der Waals surface area contributed by atoms with Crippen LogP contribution in [-0.2, 0) is 33.3 Å². The third-order valence-corrected chi connectivity index (χ3v) is 3.39. The van der Waals surface area contributed by atoms with Crippen LogP contribution in [0.2, 0.25) is 0 Å². The molecule has 0 aromatic rings. The highest BCUT2D eigenvalue weighted by molar-refractivity contribution is 5.67. The standard InChI is InChI=1S/C14H22O7/c1-7-8(2)19-12(6-18-9(3)15)14(21-11(5)17)13(7)20-10(4)16/h7-8,12-14H,6H2,1-5H3. The summed E-state index contributed by atoms with van der Waals surface area (Å²) in [6.45, 7) is 7.43. The molecule has 5 atom stereocenters. The molecule has 1 aliphatic heterocycles. The molecule has 21 heavy (non-hydrogen) atoms. The molecule has 0 spiro atoms. The maximum atomic E-state index is 11.3. The van der Waals surface area contributed by atoms with Crippen molar-refractivity contribution >= 4 is 17.9 Å². The quantitative estimate of drug-likeness (QED) is 0.561. The molecule has 1 heterocycles. The van der Waals surface area contributed by atoms with Crippen molar-refractivity contribution in [1.29, 1.82) is 0 Å². The van der Waals surface area contributed by atoms with Crippen LogP contribution in [0.5, 0.6) is 0 Å². The van der Waals surface area contributed by atoms with Gasteiger partial charge < -0.3 is 18.9 Å². The average molecular weight is 302 g/mol. The summed E-state index contributed by atoms with van der Waals surface area (Å²) in [5, 5.41) is 0. The van der Waals surface area contributed by atoms with Gasteiger partial charge in [-0.05, 0) is 6.92 Å². The summed E-state index contributed by atoms with van der Waals surface area (Å²) in [7, 11) is 0. The molecule has 7 heteroatoms. The first-order valence-corrected chi connectivity index (χ1v) is 6.85. The van der Waals surface area contributed by atoms with Gasteiger partial charge in [-0.25, -0.2) is 0 Å². The Morgan fingerprint density at radius 3 is 1.90 bits per heavy atom. The van der Waals surface area contributed by atoms with E-state index in [0.717, 1.165) is 0 Å². The molecule has 0 aliphatic carbocycles. The Balaban J connectivity index is 2.94. The molecule has 0 amide bonds. The molecule has 7 nitrogen and oxygen atoms in total. The Bertz CT molecular complexity index is 406. The van der Waals surface area contributed by atoms with Crippen LogP contribution in [-0.4, -0.2) is 48.9 Å². The van der Waals surface area contributed by atoms with E-state index in [1.807, 2.05) is 13.8 Å². The van der Waals surface area contributed by atoms with Gasteiger partial charge in [-0.3, -0.25) is 14.4 Å². The maximum absolute atomic E-state index is 11.3. The summed E-state index contributed by atoms with van der Waals surface area (Å²) >= 11 is 0. The summed E-state index contributed by atoms with van der Waals surface area (Å²) in [5.74, 6) is -1.61. The minimum absolute atomic E-state index is 0.0674. The van der Waals surface area contributed by atoms with E-state index in [2.05, 4.69) is 0 Å². The van der Waals surface area contributed by atoms with Gasteiger partial charge in [0.2, 0.25) is 0 Å². The summed E-state index contributed by atoms with van der Waals surface area (Å²) in [6.07, 6.45) is -2.36. The van der Waals surface area contributed by atoms with Crippen LogP contribution >= 0.6 is 0 Å². The number of carbonyl (C=O) groups excluding carboxylic acids is 3. The summed E-state index contributed by atoms with van der Waals surface area (Å²) < 4.78 is 21.2. The highest BCUT2D eigenvalue weighted by atomic mass is 16.6. The van der Waals surface area contributed by atoms with E-state index >= 15 is 0 Å². The number of esters is 3. The molecule has 0 bridgehead atoms. The van der Waals surface area contributed by atoms with Crippen LogP contribution in [0.1, 0.15) is 34.6 Å². The molecule has 1 saturated heterocycles. The van der Waals surface area contributed by atoms with E-state index in [4.69, 9.17) is 18.9 Å². The zero-order chi connectivity index (χ0) is 16.2. The number of hydrogen-bond acceptors (Lipinski definition) is 7. The molecule has 1 aliphatic rings. The minimum Gasteiger partial charge on any atom is -0.463 e. The van der Waals surface area contributed by atoms with Crippen LogP contribution in [0.3, 0.4) is 0 Å². The SMILES string of the molecule is CC(=O)OCC1OC(C)C(C)C(OC(C)=O)C1OC(C)=O. The van der Waals surface area contributed by atoms with Crippen molar-refractivity contribution in [3.63, 3.8) is 0 Å². The van der Waals surface area contributed by atoms with E-state index < -0.39 is 36.2 Å². The Hall–Kier alpha value is -1.63. The molecular weight excluding hydrogens is 280 g/mol. The Morgan fingerprint density at radius 2 is 1.43 bits per heavy atom. The second-order valence-electron chi connectivity index (χ2n) is 5.19. The van der Waals surface area contributed by atoms with Gasteiger partial charge in [-0.2, -0.15) is 0 Å². The number of rotatable bonds is 4. The van der Waals surface area contributed by atoms with E-state index in [1.54, 1.807) is 0 Å². The second kappa shape index (κ2) is 7.40. The van der Waals surface area contributed by atoms with Gasteiger partial charge in [0.1, 0.15) is 18.8 Å². The second-order valence-corrected chi connectivity index (χ2v) is 5.19. The van der Waals surface area contributed by atoms with Crippen molar-refractivity contribution in [2.45, 2.75) is 59.0 Å². The zero-order valence-electron chi connectivity index (χ0n) is 13.0. The fourth-order valence-electron chi connectivity index (χ4n) is 2.29. The lowest BCUT2D eigenvalue weighted by Gasteiger charge is -2.43. The molecular formula is C14H22O7. The van der Waals surface area contributed by atoms with Crippen molar-refractivity contribution in [2.24, 2.45) is 5.92 Å². The minimum atomic E-state index is -0.808. The fourth-order valence-corrected chi connectivity index (χ4v) is 2.29. The van der Waals surface area contributed by atoms with Gasteiger partial charge in [0, 0.05) is 26.7 Å². The first kappa shape index (κ1) is 17.4. The van der Waals surface area contributed by atoms with E-state index in [0.29, 0.717) is 0 Å². The lowest BCUT2D eigenvalue weighted by molar-refractivity contribution is -0.228. The third-order valence-electron chi connectivity index (χ3n) is 3.39. The van der Waals surface area contributed by atoms with Gasteiger partial charge in [-0.15, -0.1) is 0 Å². The molecule has 1 fully saturated rings. The highest BCUT2D eigenvalue weighted by Gasteiger charge is 2.46. The van der Waals surface area contributed by atoms with Gasteiger partial charge in [0.15, 0.2) is 6.10 Å². The Labute approximate surface area is 123 Å². The molecule has 1 rings (SSSR count). The van der Waals surface area contributed by atoms with Crippen LogP contribution in [0.4, 0.5) is 0 Å². The van der Waals surface area contributed by atoms with Crippen molar-refractivity contribution < 1.29 is 33.3 Å². The van der Waals surface area contributed by atoms with E-state index in [1.165, 1.54) is 20.8 Å². The molecule has 0 N–H and O–H groups in total. The van der Waals surface area contributed by atoms with Crippen LogP contribution in [0, 0.1) is 5.92 Å². The molecule has 0 aromatic carbocycles. The van der Waals surface area contributed by atoms with Crippen molar-refractivity contribution in [2.75, 3.05) is 6.61 Å². The van der Waals surface area contributed by atoms with Crippen LogP contribution in [0.25, 0.3) is 0 Å². The summed E-state index contributed by atoms with van der Waals surface area (Å²) in [5.41, 5.74) is 0. The van der Waals surface area contributed by atoms with Gasteiger partial charge in [0.05, 0.1) is 6.10 Å². The molecule has 120 valence electrons. The van der Waals surface area contributed by atoms with Crippen LogP contribution in [0.15, 0.2) is 0 Å². The predicted octanol–water partition coefficient (Wildman–Crippen LogP) is 0.836. The number of hydrogen-bond donors (Lipinski definition) is 0. The molecule has 5 unspecified atom stereocenters. The zero-order valence-corrected chi connectivity index (χ0v) is 13.0. The molecule has 0 saturated carbocycles. The lowest BCUT2D eigenvalue weighted by atomic mass is 9.88. The highest BCUT2D eigenvalue weighted by Crippen LogP contribution is 2.30. The summed E-state index contributed by atoms with van der Waals surface area (Å²) in [6, 6.07) is 0. The first-order valence-electron chi connectivity index (χ1n) is 6.85. The summed E-state index contributed by atoms with van der Waals surface area (Å²) in [4.78, 5) is 33.5. The van der Waals surface area contributed by atoms with Crippen molar-refractivity contribution in [3.05, 3.63) is 0 Å². The molecule has 0 aromatic heterocycles. The monoisotopic (exact) mass is 302 g/mol. The third kappa shape index (κ3) is 5.00. The van der Waals surface area contributed by atoms with Gasteiger partial charge >= 0.3 is 17.9 Å². The normalized spacial score (nSPS) is 32.1. The number of carbonyl (C=O) groups is 3. The fraction of sp³-hybridized carbons (Fsp3) is 0.786. The van der Waals surface area contributed by atoms with Crippen LogP contribution < -0.4 is 0 Å².